The molecule has 0 aromatic heterocycles. The molecule has 1 aliphatic carbocycles. The van der Waals surface area contributed by atoms with E-state index >= 15 is 0 Å². The number of esters is 1. The summed E-state index contributed by atoms with van der Waals surface area (Å²) in [5, 5.41) is 0. The molecule has 0 saturated heterocycles. The van der Waals surface area contributed by atoms with Crippen molar-refractivity contribution in [3.8, 4) is 0 Å². The molecule has 2 heteroatoms. The molecule has 0 saturated carbocycles. The lowest BCUT2D eigenvalue weighted by molar-refractivity contribution is -0.136. The predicted octanol–water partition coefficient (Wildman–Crippen LogP) is 1.44. The van der Waals surface area contributed by atoms with E-state index in [0.717, 1.165) is 0 Å². The smallest absolute Gasteiger partial charge is 0.333 e. The minimum absolute atomic E-state index is 0.206. The van der Waals surface area contributed by atoms with Gasteiger partial charge in [0.05, 0.1) is 9.85 Å². The molecule has 0 heterocycles. The summed E-state index contributed by atoms with van der Waals surface area (Å²) in [6, 6.07) is 0.487. The van der Waals surface area contributed by atoms with Crippen molar-refractivity contribution < 1.29 is 12.3 Å². The van der Waals surface area contributed by atoms with Gasteiger partial charge in [-0.2, -0.15) is 0 Å². The molecule has 0 amide bonds. The second-order valence-corrected chi connectivity index (χ2v) is 1.96. The summed E-state index contributed by atoms with van der Waals surface area (Å²) in [5.41, 5.74) is 0.485. The average molecular weight is 140 g/mol. The fourth-order valence-electron chi connectivity index (χ4n) is 0.763. The summed E-state index contributed by atoms with van der Waals surface area (Å²) in [6.45, 7) is 0. The Labute approximate surface area is 63.0 Å². The zero-order valence-corrected chi connectivity index (χ0v) is 5.81. The fourth-order valence-corrected chi connectivity index (χ4v) is 0.763. The third kappa shape index (κ3) is 1.47. The summed E-state index contributed by atoms with van der Waals surface area (Å²) >= 11 is 0. The van der Waals surface area contributed by atoms with Gasteiger partial charge >= 0.3 is 5.97 Å². The van der Waals surface area contributed by atoms with Crippen LogP contribution in [0.15, 0.2) is 23.8 Å². The molecule has 1 aliphatic rings. The minimum Gasteiger partial charge on any atom is -0.466 e. The van der Waals surface area contributed by atoms with Crippen molar-refractivity contribution in [3.05, 3.63) is 23.8 Å². The van der Waals surface area contributed by atoms with Crippen molar-refractivity contribution in [2.45, 2.75) is 12.8 Å². The van der Waals surface area contributed by atoms with Gasteiger partial charge in [0.25, 0.3) is 0 Å². The Kier molecular flexibility index (Phi) is 1.51. The summed E-state index contributed by atoms with van der Waals surface area (Å²) in [5.74, 6) is -0.396. The lowest BCUT2D eigenvalue weighted by atomic mass is 10.1. The Morgan fingerprint density at radius 2 is 2.60 bits per heavy atom. The molecule has 0 aliphatic heterocycles. The van der Waals surface area contributed by atoms with E-state index in [2.05, 4.69) is 4.74 Å². The van der Waals surface area contributed by atoms with Gasteiger partial charge in [0, 0.05) is 5.57 Å². The van der Waals surface area contributed by atoms with Crippen LogP contribution in [0.1, 0.15) is 15.6 Å². The van der Waals surface area contributed by atoms with Gasteiger partial charge in [-0.05, 0) is 12.8 Å². The molecule has 0 radical (unpaired) electrons. The third-order valence-electron chi connectivity index (χ3n) is 1.30. The van der Waals surface area contributed by atoms with Gasteiger partial charge in [-0.3, -0.25) is 0 Å². The van der Waals surface area contributed by atoms with Crippen LogP contribution in [0.3, 0.4) is 0 Å². The lowest BCUT2D eigenvalue weighted by Gasteiger charge is -2.04. The zero-order chi connectivity index (χ0) is 9.14. The first-order valence-corrected chi connectivity index (χ1v) is 3.07. The second-order valence-electron chi connectivity index (χ2n) is 1.96. The topological polar surface area (TPSA) is 26.3 Å². The van der Waals surface area contributed by atoms with Crippen molar-refractivity contribution in [3.63, 3.8) is 0 Å². The number of methoxy groups -OCH3 is 1. The van der Waals surface area contributed by atoms with Crippen LogP contribution in [0.2, 0.25) is 0 Å². The molecule has 0 fully saturated rings. The molecule has 0 unspecified atom stereocenters. The van der Waals surface area contributed by atoms with Crippen LogP contribution < -0.4 is 0 Å². The van der Waals surface area contributed by atoms with Crippen molar-refractivity contribution in [1.29, 1.82) is 0 Å². The van der Waals surface area contributed by atoms with Crippen LogP contribution in [-0.2, 0) is 9.53 Å². The molecule has 1 rings (SSSR count). The maximum absolute atomic E-state index is 11.0. The molecule has 2 nitrogen and oxygen atoms in total. The van der Waals surface area contributed by atoms with Gasteiger partial charge in [-0.15, -0.1) is 0 Å². The van der Waals surface area contributed by atoms with E-state index in [-0.39, 0.29) is 18.5 Å². The Bertz CT molecular complexity index is 266. The van der Waals surface area contributed by atoms with E-state index in [9.17, 15) is 4.79 Å². The second kappa shape index (κ2) is 3.20. The van der Waals surface area contributed by atoms with Gasteiger partial charge < -0.3 is 4.74 Å². The molecular weight excluding hydrogens is 128 g/mol. The molecule has 0 bridgehead atoms. The molecular formula is C8H10O2. The normalized spacial score (nSPS) is 21.1. The maximum Gasteiger partial charge on any atom is 0.333 e. The molecule has 0 N–H and O–H groups in total. The first-order valence-electron chi connectivity index (χ1n) is 4.07. The highest BCUT2D eigenvalue weighted by Crippen LogP contribution is 2.11. The highest BCUT2D eigenvalue weighted by molar-refractivity contribution is 5.88. The van der Waals surface area contributed by atoms with Crippen molar-refractivity contribution in [2.75, 3.05) is 7.11 Å². The van der Waals surface area contributed by atoms with E-state index in [1.807, 2.05) is 0 Å². The van der Waals surface area contributed by atoms with Crippen molar-refractivity contribution in [1.82, 2.24) is 0 Å². The number of rotatable bonds is 1. The molecule has 54 valence electrons. The van der Waals surface area contributed by atoms with Gasteiger partial charge in [0.1, 0.15) is 0 Å². The summed E-state index contributed by atoms with van der Waals surface area (Å²) < 4.78 is 19.1. The Morgan fingerprint density at radius 3 is 3.20 bits per heavy atom. The molecule has 0 aromatic carbocycles. The largest absolute Gasteiger partial charge is 0.466 e. The number of carbonyl (C=O) groups is 1. The summed E-state index contributed by atoms with van der Waals surface area (Å²) in [7, 11) is 1.31. The van der Waals surface area contributed by atoms with E-state index < -0.39 is 5.97 Å². The van der Waals surface area contributed by atoms with Gasteiger partial charge in [0.2, 0.25) is 0 Å². The van der Waals surface area contributed by atoms with Gasteiger partial charge in [0.15, 0.2) is 0 Å². The van der Waals surface area contributed by atoms with Crippen LogP contribution >= 0.6 is 0 Å². The van der Waals surface area contributed by atoms with E-state index in [1.54, 1.807) is 6.08 Å². The fraction of sp³-hybridized carbons (Fsp3) is 0.375. The van der Waals surface area contributed by atoms with Gasteiger partial charge in [-0.1, -0.05) is 18.2 Å². The Morgan fingerprint density at radius 1 is 1.80 bits per heavy atom. The highest BCUT2D eigenvalue weighted by Gasteiger charge is 2.07. The van der Waals surface area contributed by atoms with Crippen LogP contribution in [0.4, 0.5) is 0 Å². The number of allylic oxidation sites excluding steroid dienone is 3. The predicted molar refractivity (Wildman–Crippen MR) is 38.5 cm³/mol. The van der Waals surface area contributed by atoms with E-state index in [0.29, 0.717) is 12.0 Å². The van der Waals surface area contributed by atoms with Crippen LogP contribution in [0.5, 0.6) is 0 Å². The van der Waals surface area contributed by atoms with Crippen LogP contribution in [0.25, 0.3) is 0 Å². The Balaban J connectivity index is 2.70. The van der Waals surface area contributed by atoms with Crippen LogP contribution in [-0.4, -0.2) is 13.1 Å². The first-order chi connectivity index (χ1) is 5.65. The average Bonchev–Trinajstić information content (AvgIpc) is 2.08. The maximum atomic E-state index is 11.0. The number of hydrogen-bond donors (Lipinski definition) is 0. The summed E-state index contributed by atoms with van der Waals surface area (Å²) in [6.07, 6.45) is 2.24. The van der Waals surface area contributed by atoms with E-state index in [1.165, 1.54) is 7.11 Å². The van der Waals surface area contributed by atoms with Crippen molar-refractivity contribution in [2.24, 2.45) is 0 Å². The minimum atomic E-state index is -0.396. The molecule has 10 heavy (non-hydrogen) atoms. The molecule has 0 spiro atoms. The van der Waals surface area contributed by atoms with Crippen LogP contribution in [0, 0.1) is 0 Å². The molecule has 0 atom stereocenters. The molecule has 0 aromatic rings. The van der Waals surface area contributed by atoms with E-state index in [4.69, 9.17) is 2.74 Å². The number of ether oxygens (including phenoxy) is 1. The zero-order valence-electron chi connectivity index (χ0n) is 7.81. The standard InChI is InChI=1S/C8H10O2/c1-10-8(9)7-5-3-2-4-6-7/h2-3,6H,4-5H2,1H3/i2D,3D. The monoisotopic (exact) mass is 140 g/mol. The highest BCUT2D eigenvalue weighted by atomic mass is 16.5. The Hall–Kier alpha value is -1.05. The van der Waals surface area contributed by atoms with Gasteiger partial charge in [-0.25, -0.2) is 4.79 Å². The summed E-state index contributed by atoms with van der Waals surface area (Å²) in [4.78, 5) is 11.0. The third-order valence-corrected chi connectivity index (χ3v) is 1.30. The lowest BCUT2D eigenvalue weighted by Crippen LogP contribution is -2.05. The quantitative estimate of drug-likeness (QED) is 0.407. The number of carbonyl (C=O) groups excluding carboxylic acids is 1. The number of hydrogen-bond acceptors (Lipinski definition) is 2. The van der Waals surface area contributed by atoms with Crippen molar-refractivity contribution >= 4 is 5.97 Å². The SMILES string of the molecule is [2H]C1=C([2H])CC(C(=O)OC)=CC1. The first kappa shape index (κ1) is 4.72.